The van der Waals surface area contributed by atoms with E-state index in [4.69, 9.17) is 14.5 Å². The third-order valence-corrected chi connectivity index (χ3v) is 7.05. The number of carbonyl (C=O) groups is 1. The highest BCUT2D eigenvalue weighted by Crippen LogP contribution is 2.38. The molecule has 1 saturated heterocycles. The van der Waals surface area contributed by atoms with Gasteiger partial charge in [0.15, 0.2) is 11.5 Å². The standard InChI is InChI=1S/C25H28N4O3/c30-25(16-8-9-22-23(14-16)32-13-12-31-22)26-17-10-11-29(18-4-3-5-18)21(15-17)24-27-19-6-1-2-7-20(19)28-24/h1-2,6-9,14,17-18,21H,3-5,10-13,15H2,(H,26,30)(H,27,28). The van der Waals surface area contributed by atoms with Crippen molar-refractivity contribution in [3.63, 3.8) is 0 Å². The number of benzene rings is 2. The van der Waals surface area contributed by atoms with Crippen molar-refractivity contribution in [3.8, 4) is 11.5 Å². The van der Waals surface area contributed by atoms with E-state index in [0.29, 0.717) is 36.3 Å². The summed E-state index contributed by atoms with van der Waals surface area (Å²) < 4.78 is 11.2. The van der Waals surface area contributed by atoms with Crippen LogP contribution in [0.3, 0.4) is 0 Å². The van der Waals surface area contributed by atoms with Gasteiger partial charge < -0.3 is 19.8 Å². The smallest absolute Gasteiger partial charge is 0.251 e. The lowest BCUT2D eigenvalue weighted by atomic mass is 9.86. The lowest BCUT2D eigenvalue weighted by Gasteiger charge is -2.46. The van der Waals surface area contributed by atoms with Crippen molar-refractivity contribution in [1.29, 1.82) is 0 Å². The van der Waals surface area contributed by atoms with Gasteiger partial charge in [-0.15, -0.1) is 0 Å². The number of H-pyrrole nitrogens is 1. The van der Waals surface area contributed by atoms with Gasteiger partial charge in [0, 0.05) is 24.2 Å². The number of hydrogen-bond donors (Lipinski definition) is 2. The minimum atomic E-state index is -0.0626. The summed E-state index contributed by atoms with van der Waals surface area (Å²) in [5.74, 6) is 2.29. The average molecular weight is 433 g/mol. The maximum Gasteiger partial charge on any atom is 0.251 e. The quantitative estimate of drug-likeness (QED) is 0.655. The van der Waals surface area contributed by atoms with Crippen molar-refractivity contribution in [2.45, 2.75) is 50.2 Å². The molecule has 32 heavy (non-hydrogen) atoms. The average Bonchev–Trinajstić information content (AvgIpc) is 3.23. The molecule has 2 N–H and O–H groups in total. The second kappa shape index (κ2) is 8.13. The monoisotopic (exact) mass is 432 g/mol. The van der Waals surface area contributed by atoms with Crippen molar-refractivity contribution >= 4 is 16.9 Å². The van der Waals surface area contributed by atoms with Gasteiger partial charge in [-0.3, -0.25) is 9.69 Å². The number of aromatic amines is 1. The third kappa shape index (κ3) is 3.60. The molecule has 166 valence electrons. The molecule has 0 radical (unpaired) electrons. The van der Waals surface area contributed by atoms with Crippen LogP contribution in [0.4, 0.5) is 0 Å². The van der Waals surface area contributed by atoms with Crippen LogP contribution < -0.4 is 14.8 Å². The van der Waals surface area contributed by atoms with E-state index < -0.39 is 0 Å². The fraction of sp³-hybridized carbons (Fsp3) is 0.440. The Morgan fingerprint density at radius 2 is 1.91 bits per heavy atom. The molecule has 2 unspecified atom stereocenters. The molecular formula is C25H28N4O3. The van der Waals surface area contributed by atoms with Gasteiger partial charge >= 0.3 is 0 Å². The Hall–Kier alpha value is -3.06. The van der Waals surface area contributed by atoms with E-state index in [-0.39, 0.29) is 18.0 Å². The number of rotatable bonds is 4. The molecule has 6 rings (SSSR count). The number of para-hydroxylation sites is 2. The van der Waals surface area contributed by atoms with Crippen molar-refractivity contribution in [1.82, 2.24) is 20.2 Å². The van der Waals surface area contributed by atoms with E-state index >= 15 is 0 Å². The van der Waals surface area contributed by atoms with Gasteiger partial charge in [0.05, 0.1) is 17.1 Å². The molecular weight excluding hydrogens is 404 g/mol. The Bertz CT molecular complexity index is 1110. The maximum absolute atomic E-state index is 13.0. The van der Waals surface area contributed by atoms with Crippen LogP contribution in [-0.2, 0) is 0 Å². The highest BCUT2D eigenvalue weighted by Gasteiger charge is 2.38. The molecule has 3 aliphatic rings. The Labute approximate surface area is 187 Å². The Kier molecular flexibility index (Phi) is 4.98. The summed E-state index contributed by atoms with van der Waals surface area (Å²) in [6.45, 7) is 2.02. The van der Waals surface area contributed by atoms with Crippen molar-refractivity contribution in [2.75, 3.05) is 19.8 Å². The predicted molar refractivity (Wildman–Crippen MR) is 121 cm³/mol. The molecule has 2 fully saturated rings. The van der Waals surface area contributed by atoms with E-state index in [1.165, 1.54) is 19.3 Å². The topological polar surface area (TPSA) is 79.5 Å². The number of amides is 1. The SMILES string of the molecule is O=C(NC1CCN(C2CCC2)C(c2nc3ccccc3[nH]2)C1)c1ccc2c(c1)OCCO2. The zero-order chi connectivity index (χ0) is 21.5. The first kappa shape index (κ1) is 19.6. The molecule has 1 amide bonds. The van der Waals surface area contributed by atoms with Gasteiger partial charge in [-0.05, 0) is 56.0 Å². The van der Waals surface area contributed by atoms with Gasteiger partial charge in [-0.25, -0.2) is 4.98 Å². The van der Waals surface area contributed by atoms with Crippen LogP contribution in [0.25, 0.3) is 11.0 Å². The molecule has 2 aliphatic heterocycles. The number of carbonyl (C=O) groups excluding carboxylic acids is 1. The highest BCUT2D eigenvalue weighted by atomic mass is 16.6. The summed E-state index contributed by atoms with van der Waals surface area (Å²) >= 11 is 0. The fourth-order valence-corrected chi connectivity index (χ4v) is 5.12. The first-order valence-electron chi connectivity index (χ1n) is 11.7. The largest absolute Gasteiger partial charge is 0.486 e. The number of nitrogens with one attached hydrogen (secondary N) is 2. The van der Waals surface area contributed by atoms with Gasteiger partial charge in [-0.1, -0.05) is 18.6 Å². The molecule has 0 bridgehead atoms. The Morgan fingerprint density at radius 3 is 2.72 bits per heavy atom. The molecule has 0 spiro atoms. The van der Waals surface area contributed by atoms with Crippen LogP contribution in [0, 0.1) is 0 Å². The van der Waals surface area contributed by atoms with Crippen LogP contribution in [0.2, 0.25) is 0 Å². The first-order valence-corrected chi connectivity index (χ1v) is 11.7. The number of ether oxygens (including phenoxy) is 2. The lowest BCUT2D eigenvalue weighted by molar-refractivity contribution is 0.0348. The van der Waals surface area contributed by atoms with Crippen LogP contribution in [0.1, 0.15) is 54.3 Å². The molecule has 3 heterocycles. The predicted octanol–water partition coefficient (Wildman–Crippen LogP) is 3.82. The molecule has 1 saturated carbocycles. The molecule has 3 aromatic rings. The van der Waals surface area contributed by atoms with Crippen molar-refractivity contribution < 1.29 is 14.3 Å². The molecule has 2 aromatic carbocycles. The summed E-state index contributed by atoms with van der Waals surface area (Å²) in [5.41, 5.74) is 2.67. The zero-order valence-corrected chi connectivity index (χ0v) is 18.0. The number of imidazole rings is 1. The summed E-state index contributed by atoms with van der Waals surface area (Å²) in [6, 6.07) is 14.5. The number of aromatic nitrogens is 2. The second-order valence-corrected chi connectivity index (χ2v) is 9.03. The summed E-state index contributed by atoms with van der Waals surface area (Å²) in [6.07, 6.45) is 5.62. The normalized spacial score (nSPS) is 23.6. The van der Waals surface area contributed by atoms with E-state index in [0.717, 1.165) is 36.2 Å². The van der Waals surface area contributed by atoms with Crippen LogP contribution >= 0.6 is 0 Å². The van der Waals surface area contributed by atoms with E-state index in [1.54, 1.807) is 6.07 Å². The summed E-state index contributed by atoms with van der Waals surface area (Å²) in [4.78, 5) is 24.1. The fourth-order valence-electron chi connectivity index (χ4n) is 5.12. The van der Waals surface area contributed by atoms with Crippen molar-refractivity contribution in [3.05, 3.63) is 53.9 Å². The number of fused-ring (bicyclic) bond motifs is 2. The van der Waals surface area contributed by atoms with Crippen molar-refractivity contribution in [2.24, 2.45) is 0 Å². The zero-order valence-electron chi connectivity index (χ0n) is 18.0. The van der Waals surface area contributed by atoms with E-state index in [1.807, 2.05) is 30.3 Å². The molecule has 1 aromatic heterocycles. The minimum absolute atomic E-state index is 0.0626. The molecule has 1 aliphatic carbocycles. The second-order valence-electron chi connectivity index (χ2n) is 9.03. The van der Waals surface area contributed by atoms with Gasteiger partial charge in [0.25, 0.3) is 5.91 Å². The minimum Gasteiger partial charge on any atom is -0.486 e. The van der Waals surface area contributed by atoms with E-state index in [2.05, 4.69) is 21.3 Å². The Morgan fingerprint density at radius 1 is 1.06 bits per heavy atom. The maximum atomic E-state index is 13.0. The molecule has 7 heteroatoms. The highest BCUT2D eigenvalue weighted by molar-refractivity contribution is 5.95. The third-order valence-electron chi connectivity index (χ3n) is 7.05. The molecule has 7 nitrogen and oxygen atoms in total. The van der Waals surface area contributed by atoms with Gasteiger partial charge in [0.1, 0.15) is 19.0 Å². The van der Waals surface area contributed by atoms with Gasteiger partial charge in [-0.2, -0.15) is 0 Å². The number of likely N-dealkylation sites (tertiary alicyclic amines) is 1. The first-order chi connectivity index (χ1) is 15.7. The lowest BCUT2D eigenvalue weighted by Crippen LogP contribution is -2.51. The van der Waals surface area contributed by atoms with Crippen LogP contribution in [-0.4, -0.2) is 52.6 Å². The van der Waals surface area contributed by atoms with E-state index in [9.17, 15) is 4.79 Å². The van der Waals surface area contributed by atoms with Crippen LogP contribution in [0.15, 0.2) is 42.5 Å². The Balaban J connectivity index is 1.21. The number of piperidine rings is 1. The number of hydrogen-bond acceptors (Lipinski definition) is 5. The summed E-state index contributed by atoms with van der Waals surface area (Å²) in [5, 5.41) is 3.27. The number of nitrogens with zero attached hydrogens (tertiary/aromatic N) is 2. The van der Waals surface area contributed by atoms with Gasteiger partial charge in [0.2, 0.25) is 0 Å². The van der Waals surface area contributed by atoms with Crippen LogP contribution in [0.5, 0.6) is 11.5 Å². The summed E-state index contributed by atoms with van der Waals surface area (Å²) in [7, 11) is 0. The molecule has 2 atom stereocenters.